The zero-order valence-corrected chi connectivity index (χ0v) is 16.3. The van der Waals surface area contributed by atoms with Crippen LogP contribution in [0.1, 0.15) is 23.6 Å². The number of hydrogen-bond donors (Lipinski definition) is 2. The van der Waals surface area contributed by atoms with E-state index in [1.54, 1.807) is 49.4 Å². The van der Waals surface area contributed by atoms with Crippen molar-refractivity contribution in [2.45, 2.75) is 12.3 Å². The van der Waals surface area contributed by atoms with Gasteiger partial charge in [-0.15, -0.1) is 0 Å². The molecule has 29 heavy (non-hydrogen) atoms. The molecule has 0 saturated heterocycles. The summed E-state index contributed by atoms with van der Waals surface area (Å²) in [4.78, 5) is 17.0. The molecule has 150 valence electrons. The number of nitrogens with zero attached hydrogens (tertiary/aromatic N) is 2. The summed E-state index contributed by atoms with van der Waals surface area (Å²) >= 11 is 0. The van der Waals surface area contributed by atoms with E-state index in [-0.39, 0.29) is 24.0 Å². The molecule has 8 heteroatoms. The normalized spacial score (nSPS) is 15.4. The number of phenols is 1. The number of phenolic OH excluding ortho intramolecular Hbond substituents is 1. The fourth-order valence-corrected chi connectivity index (χ4v) is 3.57. The minimum atomic E-state index is -0.298. The molecule has 1 aromatic heterocycles. The Morgan fingerprint density at radius 1 is 1.07 bits per heavy atom. The molecule has 0 bridgehead atoms. The molecule has 0 spiro atoms. The van der Waals surface area contributed by atoms with Crippen LogP contribution >= 0.6 is 0 Å². The van der Waals surface area contributed by atoms with Crippen molar-refractivity contribution in [1.29, 1.82) is 0 Å². The maximum Gasteiger partial charge on any atom is 0.226 e. The highest BCUT2D eigenvalue weighted by atomic mass is 16.5. The molecule has 1 amide bonds. The van der Waals surface area contributed by atoms with Crippen LogP contribution in [0.25, 0.3) is 5.69 Å². The summed E-state index contributed by atoms with van der Waals surface area (Å²) in [6.45, 7) is 0. The molecule has 8 nitrogen and oxygen atoms in total. The minimum Gasteiger partial charge on any atom is -0.504 e. The summed E-state index contributed by atoms with van der Waals surface area (Å²) in [5.41, 5.74) is 2.18. The second-order valence-corrected chi connectivity index (χ2v) is 6.62. The number of anilines is 1. The van der Waals surface area contributed by atoms with Gasteiger partial charge in [0.15, 0.2) is 11.5 Å². The van der Waals surface area contributed by atoms with Gasteiger partial charge in [-0.2, -0.15) is 0 Å². The lowest BCUT2D eigenvalue weighted by atomic mass is 9.89. The summed E-state index contributed by atoms with van der Waals surface area (Å²) in [5.74, 6) is 1.79. The van der Waals surface area contributed by atoms with Crippen LogP contribution in [-0.2, 0) is 4.79 Å². The van der Waals surface area contributed by atoms with Crippen LogP contribution in [0.5, 0.6) is 23.0 Å². The quantitative estimate of drug-likeness (QED) is 0.689. The number of amides is 1. The Balaban J connectivity index is 1.82. The van der Waals surface area contributed by atoms with Crippen LogP contribution in [0.4, 0.5) is 5.82 Å². The second-order valence-electron chi connectivity index (χ2n) is 6.62. The summed E-state index contributed by atoms with van der Waals surface area (Å²) in [6, 6.07) is 10.5. The number of methoxy groups -OCH3 is 3. The summed E-state index contributed by atoms with van der Waals surface area (Å²) in [5, 5.41) is 13.1. The van der Waals surface area contributed by atoms with Crippen LogP contribution in [-0.4, -0.2) is 41.9 Å². The number of fused-ring (bicyclic) bond motifs is 1. The Labute approximate surface area is 167 Å². The van der Waals surface area contributed by atoms with E-state index in [1.165, 1.54) is 7.11 Å². The third-order valence-electron chi connectivity index (χ3n) is 5.02. The molecule has 0 aliphatic carbocycles. The SMILES string of the molecule is COc1ccc(OC)c(-n2cnc3c2NC(=O)CC3c2ccc(OC)c(O)c2)c1. The number of imidazole rings is 1. The van der Waals surface area contributed by atoms with Gasteiger partial charge >= 0.3 is 0 Å². The van der Waals surface area contributed by atoms with Crippen molar-refractivity contribution in [3.63, 3.8) is 0 Å². The van der Waals surface area contributed by atoms with Crippen LogP contribution < -0.4 is 19.5 Å². The Morgan fingerprint density at radius 3 is 2.52 bits per heavy atom. The standard InChI is InChI=1S/C21H21N3O5/c1-27-13-5-7-17(28-2)15(9-13)24-11-22-20-14(10-19(26)23-21(20)24)12-4-6-18(29-3)16(25)8-12/h4-9,11,14,25H,10H2,1-3H3,(H,23,26). The highest BCUT2D eigenvalue weighted by Crippen LogP contribution is 2.41. The van der Waals surface area contributed by atoms with Crippen molar-refractivity contribution in [2.24, 2.45) is 0 Å². The van der Waals surface area contributed by atoms with E-state index in [1.807, 2.05) is 12.1 Å². The number of aromatic hydroxyl groups is 1. The Morgan fingerprint density at radius 2 is 1.83 bits per heavy atom. The van der Waals surface area contributed by atoms with Gasteiger partial charge in [0.1, 0.15) is 23.6 Å². The van der Waals surface area contributed by atoms with Crippen molar-refractivity contribution in [1.82, 2.24) is 9.55 Å². The van der Waals surface area contributed by atoms with Gasteiger partial charge in [0, 0.05) is 18.4 Å². The van der Waals surface area contributed by atoms with Gasteiger partial charge in [-0.25, -0.2) is 4.98 Å². The van der Waals surface area contributed by atoms with Gasteiger partial charge in [0.05, 0.1) is 32.7 Å². The first-order chi connectivity index (χ1) is 14.0. The maximum absolute atomic E-state index is 12.5. The molecule has 4 rings (SSSR count). The van der Waals surface area contributed by atoms with Gasteiger partial charge in [-0.05, 0) is 29.8 Å². The number of carbonyl (C=O) groups excluding carboxylic acids is 1. The molecular weight excluding hydrogens is 374 g/mol. The predicted molar refractivity (Wildman–Crippen MR) is 106 cm³/mol. The average Bonchev–Trinajstić information content (AvgIpc) is 3.16. The molecule has 2 aromatic carbocycles. The minimum absolute atomic E-state index is 0.0198. The van der Waals surface area contributed by atoms with Gasteiger partial charge in [0.25, 0.3) is 0 Å². The number of ether oxygens (including phenoxy) is 3. The number of aromatic nitrogens is 2. The van der Waals surface area contributed by atoms with E-state index in [9.17, 15) is 9.90 Å². The van der Waals surface area contributed by atoms with Crippen LogP contribution in [0.3, 0.4) is 0 Å². The van der Waals surface area contributed by atoms with E-state index in [4.69, 9.17) is 14.2 Å². The third kappa shape index (κ3) is 3.22. The summed E-state index contributed by atoms with van der Waals surface area (Å²) in [6.07, 6.45) is 1.87. The lowest BCUT2D eigenvalue weighted by molar-refractivity contribution is -0.116. The predicted octanol–water partition coefficient (Wildman–Crippen LogP) is 3.08. The summed E-state index contributed by atoms with van der Waals surface area (Å²) in [7, 11) is 4.66. The zero-order valence-electron chi connectivity index (χ0n) is 16.3. The Bertz CT molecular complexity index is 1080. The monoisotopic (exact) mass is 395 g/mol. The van der Waals surface area contributed by atoms with Crippen LogP contribution in [0, 0.1) is 0 Å². The van der Waals surface area contributed by atoms with Crippen LogP contribution in [0.2, 0.25) is 0 Å². The number of carbonyl (C=O) groups is 1. The first-order valence-corrected chi connectivity index (χ1v) is 9.02. The van der Waals surface area contributed by atoms with Crippen molar-refractivity contribution in [3.05, 3.63) is 54.0 Å². The van der Waals surface area contributed by atoms with Gasteiger partial charge < -0.3 is 24.6 Å². The molecule has 2 N–H and O–H groups in total. The van der Waals surface area contributed by atoms with E-state index < -0.39 is 0 Å². The molecule has 1 atom stereocenters. The number of rotatable bonds is 5. The van der Waals surface area contributed by atoms with Crippen molar-refractivity contribution in [3.8, 4) is 28.7 Å². The molecule has 2 heterocycles. The smallest absolute Gasteiger partial charge is 0.226 e. The fraction of sp³-hybridized carbons (Fsp3) is 0.238. The number of benzene rings is 2. The van der Waals surface area contributed by atoms with Crippen molar-refractivity contribution < 1.29 is 24.1 Å². The topological polar surface area (TPSA) is 94.8 Å². The van der Waals surface area contributed by atoms with E-state index in [0.717, 1.165) is 5.56 Å². The number of nitrogens with one attached hydrogen (secondary N) is 1. The van der Waals surface area contributed by atoms with Gasteiger partial charge in [-0.1, -0.05) is 6.07 Å². The third-order valence-corrected chi connectivity index (χ3v) is 5.02. The first-order valence-electron chi connectivity index (χ1n) is 9.02. The lowest BCUT2D eigenvalue weighted by Crippen LogP contribution is -2.25. The Kier molecular flexibility index (Phi) is 4.75. The highest BCUT2D eigenvalue weighted by Gasteiger charge is 2.32. The van der Waals surface area contributed by atoms with Gasteiger partial charge in [0.2, 0.25) is 5.91 Å². The molecule has 1 aliphatic rings. The van der Waals surface area contributed by atoms with Gasteiger partial charge in [-0.3, -0.25) is 9.36 Å². The first kappa shape index (κ1) is 18.7. The molecular formula is C21H21N3O5. The summed E-state index contributed by atoms with van der Waals surface area (Å²) < 4.78 is 17.7. The molecule has 3 aromatic rings. The van der Waals surface area contributed by atoms with E-state index in [0.29, 0.717) is 34.4 Å². The second kappa shape index (κ2) is 7.38. The van der Waals surface area contributed by atoms with E-state index >= 15 is 0 Å². The molecule has 0 fully saturated rings. The zero-order chi connectivity index (χ0) is 20.5. The molecule has 1 unspecified atom stereocenters. The average molecular weight is 395 g/mol. The molecule has 0 radical (unpaired) electrons. The van der Waals surface area contributed by atoms with Crippen LogP contribution in [0.15, 0.2) is 42.7 Å². The highest BCUT2D eigenvalue weighted by molar-refractivity contribution is 5.94. The maximum atomic E-state index is 12.5. The lowest BCUT2D eigenvalue weighted by Gasteiger charge is -2.24. The van der Waals surface area contributed by atoms with Crippen molar-refractivity contribution in [2.75, 3.05) is 26.6 Å². The number of hydrogen-bond acceptors (Lipinski definition) is 6. The molecule has 1 aliphatic heterocycles. The Hall–Kier alpha value is -3.68. The largest absolute Gasteiger partial charge is 0.504 e. The molecule has 0 saturated carbocycles. The fourth-order valence-electron chi connectivity index (χ4n) is 3.57. The van der Waals surface area contributed by atoms with E-state index in [2.05, 4.69) is 10.3 Å². The van der Waals surface area contributed by atoms with Crippen molar-refractivity contribution >= 4 is 11.7 Å².